The fourth-order valence-electron chi connectivity index (χ4n) is 2.06. The average molecular weight is 319 g/mol. The maximum atomic E-state index is 12.0. The molecule has 1 aromatic heterocycles. The van der Waals surface area contributed by atoms with Gasteiger partial charge in [0.15, 0.2) is 0 Å². The lowest BCUT2D eigenvalue weighted by molar-refractivity contribution is 0.0956. The summed E-state index contributed by atoms with van der Waals surface area (Å²) in [5, 5.41) is 3.00. The molecule has 0 spiro atoms. The van der Waals surface area contributed by atoms with Crippen LogP contribution in [0, 0.1) is 20.8 Å². The highest BCUT2D eigenvalue weighted by atomic mass is 32.2. The summed E-state index contributed by atoms with van der Waals surface area (Å²) in [6.07, 6.45) is 0. The van der Waals surface area contributed by atoms with Crippen molar-refractivity contribution in [1.82, 2.24) is 5.32 Å². The Balaban J connectivity index is 1.69. The zero-order valence-electron chi connectivity index (χ0n) is 12.7. The molecule has 1 N–H and O–H groups in total. The number of nitrogens with one attached hydrogen (secondary N) is 1. The van der Waals surface area contributed by atoms with Gasteiger partial charge in [0.25, 0.3) is 5.91 Å². The quantitative estimate of drug-likeness (QED) is 0.803. The van der Waals surface area contributed by atoms with Crippen molar-refractivity contribution in [3.8, 4) is 0 Å². The number of benzene rings is 1. The molecule has 0 saturated carbocycles. The lowest BCUT2D eigenvalue weighted by Crippen LogP contribution is -2.25. The van der Waals surface area contributed by atoms with Gasteiger partial charge in [-0.15, -0.1) is 11.3 Å². The van der Waals surface area contributed by atoms with E-state index in [4.69, 9.17) is 0 Å². The minimum atomic E-state index is 0.0489. The molecule has 4 heteroatoms. The summed E-state index contributed by atoms with van der Waals surface area (Å²) >= 11 is 3.52. The Kier molecular flexibility index (Phi) is 5.88. The molecule has 2 nitrogen and oxygen atoms in total. The van der Waals surface area contributed by atoms with Crippen molar-refractivity contribution in [2.75, 3.05) is 12.3 Å². The number of amides is 1. The lowest BCUT2D eigenvalue weighted by atomic mass is 10.2. The van der Waals surface area contributed by atoms with Crippen LogP contribution in [0.4, 0.5) is 0 Å². The van der Waals surface area contributed by atoms with E-state index in [0.29, 0.717) is 6.54 Å². The summed E-state index contributed by atoms with van der Waals surface area (Å²) in [7, 11) is 0. The predicted molar refractivity (Wildman–Crippen MR) is 93.5 cm³/mol. The van der Waals surface area contributed by atoms with Crippen molar-refractivity contribution in [2.24, 2.45) is 0 Å². The zero-order chi connectivity index (χ0) is 15.2. The van der Waals surface area contributed by atoms with Crippen LogP contribution in [0.2, 0.25) is 0 Å². The minimum Gasteiger partial charge on any atom is -0.351 e. The molecule has 0 unspecified atom stereocenters. The second kappa shape index (κ2) is 7.66. The van der Waals surface area contributed by atoms with Crippen LogP contribution in [0.15, 0.2) is 30.3 Å². The van der Waals surface area contributed by atoms with E-state index in [9.17, 15) is 4.79 Å². The molecule has 1 heterocycles. The fourth-order valence-corrected chi connectivity index (χ4v) is 3.80. The van der Waals surface area contributed by atoms with Crippen molar-refractivity contribution in [1.29, 1.82) is 0 Å². The molecule has 112 valence electrons. The van der Waals surface area contributed by atoms with Crippen LogP contribution in [0.3, 0.4) is 0 Å². The zero-order valence-corrected chi connectivity index (χ0v) is 14.4. The molecule has 1 aromatic carbocycles. The molecule has 0 saturated heterocycles. The van der Waals surface area contributed by atoms with Crippen molar-refractivity contribution >= 4 is 29.0 Å². The van der Waals surface area contributed by atoms with Crippen LogP contribution in [0.1, 0.15) is 31.2 Å². The highest BCUT2D eigenvalue weighted by molar-refractivity contribution is 7.98. The van der Waals surface area contributed by atoms with E-state index < -0.39 is 0 Å². The summed E-state index contributed by atoms with van der Waals surface area (Å²) in [6.45, 7) is 6.84. The molecule has 0 atom stereocenters. The number of thioether (sulfide) groups is 1. The summed E-state index contributed by atoms with van der Waals surface area (Å²) in [4.78, 5) is 14.3. The Bertz CT molecular complexity index is 602. The van der Waals surface area contributed by atoms with E-state index in [1.54, 1.807) is 11.3 Å². The summed E-state index contributed by atoms with van der Waals surface area (Å²) < 4.78 is 0. The van der Waals surface area contributed by atoms with E-state index in [2.05, 4.69) is 36.5 Å². The van der Waals surface area contributed by atoms with Crippen molar-refractivity contribution in [3.63, 3.8) is 0 Å². The number of thiophene rings is 1. The Morgan fingerprint density at radius 1 is 1.19 bits per heavy atom. The van der Waals surface area contributed by atoms with Gasteiger partial charge in [-0.05, 0) is 32.4 Å². The minimum absolute atomic E-state index is 0.0489. The van der Waals surface area contributed by atoms with Crippen LogP contribution in [0.5, 0.6) is 0 Å². The van der Waals surface area contributed by atoms with Gasteiger partial charge in [0, 0.05) is 27.8 Å². The SMILES string of the molecule is Cc1ccc(CSCCNC(=O)c2cc(C)sc2C)cc1. The first kappa shape index (κ1) is 16.1. The molecular weight excluding hydrogens is 298 g/mol. The van der Waals surface area contributed by atoms with E-state index in [0.717, 1.165) is 21.9 Å². The molecule has 0 aliphatic heterocycles. The van der Waals surface area contributed by atoms with Gasteiger partial charge < -0.3 is 5.32 Å². The average Bonchev–Trinajstić information content (AvgIpc) is 2.79. The summed E-state index contributed by atoms with van der Waals surface area (Å²) in [6, 6.07) is 10.6. The summed E-state index contributed by atoms with van der Waals surface area (Å²) in [5.41, 5.74) is 3.44. The number of carbonyl (C=O) groups excluding carboxylic acids is 1. The monoisotopic (exact) mass is 319 g/mol. The van der Waals surface area contributed by atoms with Crippen LogP contribution in [-0.2, 0) is 5.75 Å². The molecule has 0 bridgehead atoms. The standard InChI is InChI=1S/C17H21NOS2/c1-12-4-6-15(7-5-12)11-20-9-8-18-17(19)16-10-13(2)21-14(16)3/h4-7,10H,8-9,11H2,1-3H3,(H,18,19). The van der Waals surface area contributed by atoms with Gasteiger partial charge in [-0.3, -0.25) is 4.79 Å². The van der Waals surface area contributed by atoms with Gasteiger partial charge in [0.2, 0.25) is 0 Å². The Hall–Kier alpha value is -1.26. The van der Waals surface area contributed by atoms with Crippen molar-refractivity contribution < 1.29 is 4.79 Å². The Labute approximate surface area is 135 Å². The van der Waals surface area contributed by atoms with E-state index >= 15 is 0 Å². The third-order valence-electron chi connectivity index (χ3n) is 3.21. The Morgan fingerprint density at radius 2 is 1.90 bits per heavy atom. The van der Waals surface area contributed by atoms with Crippen LogP contribution in [-0.4, -0.2) is 18.2 Å². The second-order valence-electron chi connectivity index (χ2n) is 5.12. The van der Waals surface area contributed by atoms with Gasteiger partial charge in [-0.1, -0.05) is 29.8 Å². The van der Waals surface area contributed by atoms with Crippen LogP contribution < -0.4 is 5.32 Å². The lowest BCUT2D eigenvalue weighted by Gasteiger charge is -2.05. The van der Waals surface area contributed by atoms with E-state index in [1.165, 1.54) is 16.0 Å². The molecule has 21 heavy (non-hydrogen) atoms. The third-order valence-corrected chi connectivity index (χ3v) is 5.20. The molecule has 1 amide bonds. The number of aryl methyl sites for hydroxylation is 3. The molecule has 0 radical (unpaired) electrons. The van der Waals surface area contributed by atoms with E-state index in [-0.39, 0.29) is 5.91 Å². The largest absolute Gasteiger partial charge is 0.351 e. The highest BCUT2D eigenvalue weighted by Gasteiger charge is 2.10. The smallest absolute Gasteiger partial charge is 0.252 e. The topological polar surface area (TPSA) is 29.1 Å². The molecule has 0 fully saturated rings. The molecule has 0 aliphatic rings. The molecule has 2 rings (SSSR count). The number of rotatable bonds is 6. The number of hydrogen-bond acceptors (Lipinski definition) is 3. The molecule has 2 aromatic rings. The van der Waals surface area contributed by atoms with Crippen molar-refractivity contribution in [3.05, 3.63) is 56.8 Å². The van der Waals surface area contributed by atoms with Gasteiger partial charge >= 0.3 is 0 Å². The number of hydrogen-bond donors (Lipinski definition) is 1. The van der Waals surface area contributed by atoms with Gasteiger partial charge in [-0.2, -0.15) is 11.8 Å². The van der Waals surface area contributed by atoms with Gasteiger partial charge in [0.05, 0.1) is 5.56 Å². The predicted octanol–water partition coefficient (Wildman–Crippen LogP) is 4.34. The summed E-state index contributed by atoms with van der Waals surface area (Å²) in [5.74, 6) is 1.97. The normalized spacial score (nSPS) is 10.6. The van der Waals surface area contributed by atoms with E-state index in [1.807, 2.05) is 31.7 Å². The van der Waals surface area contributed by atoms with Crippen LogP contribution in [0.25, 0.3) is 0 Å². The molecular formula is C17H21NOS2. The maximum Gasteiger partial charge on any atom is 0.252 e. The van der Waals surface area contributed by atoms with Crippen LogP contribution >= 0.6 is 23.1 Å². The first-order valence-electron chi connectivity index (χ1n) is 7.05. The van der Waals surface area contributed by atoms with Crippen molar-refractivity contribution in [2.45, 2.75) is 26.5 Å². The Morgan fingerprint density at radius 3 is 2.52 bits per heavy atom. The maximum absolute atomic E-state index is 12.0. The highest BCUT2D eigenvalue weighted by Crippen LogP contribution is 2.20. The number of carbonyl (C=O) groups is 1. The first-order chi connectivity index (χ1) is 10.1. The van der Waals surface area contributed by atoms with Gasteiger partial charge in [-0.25, -0.2) is 0 Å². The van der Waals surface area contributed by atoms with Gasteiger partial charge in [0.1, 0.15) is 0 Å². The fraction of sp³-hybridized carbons (Fsp3) is 0.353. The third kappa shape index (κ3) is 4.90. The first-order valence-corrected chi connectivity index (χ1v) is 9.02. The second-order valence-corrected chi connectivity index (χ2v) is 7.69. The molecule has 0 aliphatic carbocycles.